The van der Waals surface area contributed by atoms with E-state index in [1.807, 2.05) is 0 Å². The zero-order chi connectivity index (χ0) is 16.5. The number of carbonyl (C=O) groups excluding carboxylic acids is 1. The van der Waals surface area contributed by atoms with Gasteiger partial charge in [-0.3, -0.25) is 9.69 Å². The summed E-state index contributed by atoms with van der Waals surface area (Å²) in [6.07, 6.45) is 7.46. The summed E-state index contributed by atoms with van der Waals surface area (Å²) in [4.78, 5) is 16.3. The minimum absolute atomic E-state index is 0.0302. The Labute approximate surface area is 139 Å². The third-order valence-corrected chi connectivity index (χ3v) is 4.33. The minimum Gasteiger partial charge on any atom is -0.344 e. The van der Waals surface area contributed by atoms with Crippen molar-refractivity contribution in [3.05, 3.63) is 35.9 Å². The van der Waals surface area contributed by atoms with Gasteiger partial charge in [-0.25, -0.2) is 0 Å². The molecule has 1 aromatic rings. The van der Waals surface area contributed by atoms with E-state index < -0.39 is 0 Å². The van der Waals surface area contributed by atoms with Crippen molar-refractivity contribution in [3.63, 3.8) is 0 Å². The topological polar surface area (TPSA) is 35.6 Å². The van der Waals surface area contributed by atoms with Crippen LogP contribution in [0.15, 0.2) is 30.3 Å². The molecule has 4 heteroatoms. The lowest BCUT2D eigenvalue weighted by Crippen LogP contribution is -2.43. The second-order valence-corrected chi connectivity index (χ2v) is 6.38. The molecule has 23 heavy (non-hydrogen) atoms. The first-order valence-electron chi connectivity index (χ1n) is 8.32. The van der Waals surface area contributed by atoms with E-state index in [0.29, 0.717) is 19.0 Å². The highest BCUT2D eigenvalue weighted by molar-refractivity contribution is 5.78. The molecule has 1 N–H and O–H groups in total. The summed E-state index contributed by atoms with van der Waals surface area (Å²) in [5, 5.41) is 2.73. The molecule has 1 fully saturated rings. The molecule has 1 aliphatic heterocycles. The van der Waals surface area contributed by atoms with Crippen molar-refractivity contribution in [2.45, 2.75) is 19.4 Å². The predicted molar refractivity (Wildman–Crippen MR) is 93.8 cm³/mol. The third kappa shape index (κ3) is 6.43. The fourth-order valence-electron chi connectivity index (χ4n) is 3.14. The molecule has 1 aliphatic rings. The van der Waals surface area contributed by atoms with Crippen LogP contribution < -0.4 is 5.32 Å². The molecule has 1 amide bonds. The lowest BCUT2D eigenvalue weighted by molar-refractivity contribution is -0.122. The van der Waals surface area contributed by atoms with Crippen LogP contribution in [0.5, 0.6) is 0 Å². The number of benzene rings is 1. The van der Waals surface area contributed by atoms with Crippen molar-refractivity contribution in [2.24, 2.45) is 5.92 Å². The molecule has 0 radical (unpaired) electrons. The normalized spacial score (nSPS) is 16.2. The average molecular weight is 313 g/mol. The number of nitrogens with zero attached hydrogens (tertiary/aromatic N) is 2. The van der Waals surface area contributed by atoms with Crippen LogP contribution in [0.4, 0.5) is 0 Å². The summed E-state index contributed by atoms with van der Waals surface area (Å²) < 4.78 is 0. The van der Waals surface area contributed by atoms with E-state index in [0.717, 1.165) is 39.0 Å². The van der Waals surface area contributed by atoms with E-state index in [1.165, 1.54) is 5.56 Å². The quantitative estimate of drug-likeness (QED) is 0.776. The number of amides is 1. The molecule has 0 spiro atoms. The first-order valence-corrected chi connectivity index (χ1v) is 8.32. The Bertz CT molecular complexity index is 515. The zero-order valence-electron chi connectivity index (χ0n) is 14.0. The third-order valence-electron chi connectivity index (χ3n) is 4.33. The highest BCUT2D eigenvalue weighted by Crippen LogP contribution is 2.18. The van der Waals surface area contributed by atoms with Gasteiger partial charge in [0.05, 0.1) is 13.1 Å². The average Bonchev–Trinajstić information content (AvgIpc) is 2.55. The first kappa shape index (κ1) is 17.5. The molecule has 0 aromatic heterocycles. The van der Waals surface area contributed by atoms with E-state index in [9.17, 15) is 4.79 Å². The maximum Gasteiger partial charge on any atom is 0.234 e. The minimum atomic E-state index is 0.0302. The summed E-state index contributed by atoms with van der Waals surface area (Å²) in [5.41, 5.74) is 1.36. The SMILES string of the molecule is C#CCNC(=O)CN1CCC(CN(C)Cc2ccccc2)CC1. The van der Waals surface area contributed by atoms with Gasteiger partial charge in [0.1, 0.15) is 0 Å². The Morgan fingerprint density at radius 3 is 2.70 bits per heavy atom. The molecule has 4 nitrogen and oxygen atoms in total. The van der Waals surface area contributed by atoms with Gasteiger partial charge in [-0.2, -0.15) is 0 Å². The van der Waals surface area contributed by atoms with Gasteiger partial charge in [0.2, 0.25) is 5.91 Å². The largest absolute Gasteiger partial charge is 0.344 e. The molecule has 1 heterocycles. The van der Waals surface area contributed by atoms with E-state index in [4.69, 9.17) is 6.42 Å². The standard InChI is InChI=1S/C19H27N3O/c1-3-11-20-19(23)16-22-12-9-18(10-13-22)15-21(2)14-17-7-5-4-6-8-17/h1,4-8,18H,9-16H2,2H3,(H,20,23). The Balaban J connectivity index is 1.66. The maximum atomic E-state index is 11.7. The highest BCUT2D eigenvalue weighted by Gasteiger charge is 2.21. The van der Waals surface area contributed by atoms with E-state index in [1.54, 1.807) is 0 Å². The predicted octanol–water partition coefficient (Wildman–Crippen LogP) is 1.58. The summed E-state index contributed by atoms with van der Waals surface area (Å²) in [6.45, 7) is 4.88. The summed E-state index contributed by atoms with van der Waals surface area (Å²) in [5.74, 6) is 3.18. The highest BCUT2D eigenvalue weighted by atomic mass is 16.2. The first-order chi connectivity index (χ1) is 11.2. The van der Waals surface area contributed by atoms with Gasteiger partial charge < -0.3 is 10.2 Å². The number of piperidine rings is 1. The molecule has 0 bridgehead atoms. The van der Waals surface area contributed by atoms with E-state index in [-0.39, 0.29) is 5.91 Å². The molecule has 2 rings (SSSR count). The van der Waals surface area contributed by atoms with Crippen LogP contribution in [0.2, 0.25) is 0 Å². The number of hydrogen-bond donors (Lipinski definition) is 1. The number of terminal acetylenes is 1. The van der Waals surface area contributed by atoms with Crippen molar-refractivity contribution < 1.29 is 4.79 Å². The summed E-state index contributed by atoms with van der Waals surface area (Å²) in [7, 11) is 2.19. The molecule has 1 saturated heterocycles. The number of rotatable bonds is 7. The van der Waals surface area contributed by atoms with Gasteiger partial charge in [0.25, 0.3) is 0 Å². The molecule has 0 atom stereocenters. The Hall–Kier alpha value is -1.83. The van der Waals surface area contributed by atoms with Crippen LogP contribution in [0.1, 0.15) is 18.4 Å². The van der Waals surface area contributed by atoms with Crippen molar-refractivity contribution in [1.29, 1.82) is 0 Å². The number of nitrogens with one attached hydrogen (secondary N) is 1. The second kappa shape index (κ2) is 9.34. The van der Waals surface area contributed by atoms with Gasteiger partial charge >= 0.3 is 0 Å². The number of carbonyl (C=O) groups is 1. The van der Waals surface area contributed by atoms with Gasteiger partial charge in [-0.1, -0.05) is 36.3 Å². The van der Waals surface area contributed by atoms with Crippen LogP contribution >= 0.6 is 0 Å². The Morgan fingerprint density at radius 1 is 1.35 bits per heavy atom. The smallest absolute Gasteiger partial charge is 0.234 e. The molecule has 0 unspecified atom stereocenters. The van der Waals surface area contributed by atoms with Gasteiger partial charge in [-0.15, -0.1) is 6.42 Å². The second-order valence-electron chi connectivity index (χ2n) is 6.38. The van der Waals surface area contributed by atoms with Crippen molar-refractivity contribution in [2.75, 3.05) is 39.8 Å². The fraction of sp³-hybridized carbons (Fsp3) is 0.526. The van der Waals surface area contributed by atoms with Gasteiger partial charge in [0, 0.05) is 13.1 Å². The summed E-state index contributed by atoms with van der Waals surface area (Å²) in [6, 6.07) is 10.6. The Morgan fingerprint density at radius 2 is 2.04 bits per heavy atom. The van der Waals surface area contributed by atoms with Crippen molar-refractivity contribution >= 4 is 5.91 Å². The number of likely N-dealkylation sites (tertiary alicyclic amines) is 1. The van der Waals surface area contributed by atoms with E-state index >= 15 is 0 Å². The molecular weight excluding hydrogens is 286 g/mol. The van der Waals surface area contributed by atoms with E-state index in [2.05, 4.69) is 58.4 Å². The van der Waals surface area contributed by atoms with Crippen LogP contribution in [-0.2, 0) is 11.3 Å². The zero-order valence-corrected chi connectivity index (χ0v) is 14.0. The van der Waals surface area contributed by atoms with Crippen molar-refractivity contribution in [1.82, 2.24) is 15.1 Å². The van der Waals surface area contributed by atoms with Crippen LogP contribution in [-0.4, -0.2) is 55.5 Å². The Kier molecular flexibility index (Phi) is 7.12. The van der Waals surface area contributed by atoms with Gasteiger partial charge in [0.15, 0.2) is 0 Å². The lowest BCUT2D eigenvalue weighted by atomic mass is 9.96. The lowest BCUT2D eigenvalue weighted by Gasteiger charge is -2.33. The van der Waals surface area contributed by atoms with Crippen LogP contribution in [0, 0.1) is 18.3 Å². The number of hydrogen-bond acceptors (Lipinski definition) is 3. The van der Waals surface area contributed by atoms with Gasteiger partial charge in [-0.05, 0) is 44.5 Å². The van der Waals surface area contributed by atoms with Crippen molar-refractivity contribution in [3.8, 4) is 12.3 Å². The molecule has 1 aromatic carbocycles. The monoisotopic (exact) mass is 313 g/mol. The molecule has 0 aliphatic carbocycles. The molecule has 0 saturated carbocycles. The molecular formula is C19H27N3O. The summed E-state index contributed by atoms with van der Waals surface area (Å²) >= 11 is 0. The van der Waals surface area contributed by atoms with Crippen LogP contribution in [0.25, 0.3) is 0 Å². The molecule has 124 valence electrons. The van der Waals surface area contributed by atoms with Crippen LogP contribution in [0.3, 0.4) is 0 Å². The fourth-order valence-corrected chi connectivity index (χ4v) is 3.14. The maximum absolute atomic E-state index is 11.7.